The van der Waals surface area contributed by atoms with Gasteiger partial charge in [0.2, 0.25) is 5.91 Å². The predicted octanol–water partition coefficient (Wildman–Crippen LogP) is 2.11. The highest BCUT2D eigenvalue weighted by Gasteiger charge is 2.35. The van der Waals surface area contributed by atoms with Crippen LogP contribution >= 0.6 is 11.8 Å². The van der Waals surface area contributed by atoms with E-state index in [4.69, 9.17) is 0 Å². The smallest absolute Gasteiger partial charge is 0.315 e. The first-order valence-electron chi connectivity index (χ1n) is 7.92. The van der Waals surface area contributed by atoms with Crippen LogP contribution in [0.2, 0.25) is 0 Å². The summed E-state index contributed by atoms with van der Waals surface area (Å²) in [5.74, 6) is -1.08. The number of hydrogen-bond acceptors (Lipinski definition) is 5. The van der Waals surface area contributed by atoms with Gasteiger partial charge in [0.05, 0.1) is 5.75 Å². The number of amides is 1. The molecule has 1 amide bonds. The number of nitrogens with one attached hydrogen (secondary N) is 1. The van der Waals surface area contributed by atoms with E-state index in [1.807, 2.05) is 24.5 Å². The Morgan fingerprint density at radius 1 is 1.32 bits per heavy atom. The summed E-state index contributed by atoms with van der Waals surface area (Å²) in [6.07, 6.45) is 1.63. The maximum absolute atomic E-state index is 12.1. The first-order chi connectivity index (χ1) is 11.8. The number of carboxylic acid groups (broad SMARTS) is 1. The number of hydrogen-bond donors (Lipinski definition) is 2. The van der Waals surface area contributed by atoms with Gasteiger partial charge in [-0.15, -0.1) is 10.2 Å². The second-order valence-corrected chi connectivity index (χ2v) is 7.13. The second-order valence-electron chi connectivity index (χ2n) is 6.18. The van der Waals surface area contributed by atoms with Gasteiger partial charge < -0.3 is 15.0 Å². The zero-order valence-electron chi connectivity index (χ0n) is 14.5. The van der Waals surface area contributed by atoms with Gasteiger partial charge in [-0.25, -0.2) is 0 Å². The van der Waals surface area contributed by atoms with Gasteiger partial charge in [0, 0.05) is 12.6 Å². The third-order valence-electron chi connectivity index (χ3n) is 3.95. The van der Waals surface area contributed by atoms with Gasteiger partial charge >= 0.3 is 5.97 Å². The van der Waals surface area contributed by atoms with Crippen LogP contribution in [-0.2, 0) is 15.0 Å². The molecule has 2 rings (SSSR count). The third kappa shape index (κ3) is 4.60. The lowest BCUT2D eigenvalue weighted by Gasteiger charge is -2.25. The summed E-state index contributed by atoms with van der Waals surface area (Å²) in [6.45, 7) is 5.63. The second kappa shape index (κ2) is 8.15. The molecule has 134 valence electrons. The summed E-state index contributed by atoms with van der Waals surface area (Å²) < 4.78 is 1.88. The van der Waals surface area contributed by atoms with E-state index >= 15 is 0 Å². The summed E-state index contributed by atoms with van der Waals surface area (Å²) in [7, 11) is 0. The molecule has 1 heterocycles. The van der Waals surface area contributed by atoms with E-state index in [0.29, 0.717) is 10.7 Å². The topological polar surface area (TPSA) is 97.1 Å². The van der Waals surface area contributed by atoms with Gasteiger partial charge in [0.15, 0.2) is 5.16 Å². The normalized spacial score (nSPS) is 13.4. The van der Waals surface area contributed by atoms with Gasteiger partial charge in [-0.2, -0.15) is 0 Å². The van der Waals surface area contributed by atoms with E-state index in [2.05, 4.69) is 15.5 Å². The Morgan fingerprint density at radius 2 is 2.00 bits per heavy atom. The highest BCUT2D eigenvalue weighted by Crippen LogP contribution is 2.23. The first-order valence-corrected chi connectivity index (χ1v) is 8.91. The average Bonchev–Trinajstić information content (AvgIpc) is 3.07. The van der Waals surface area contributed by atoms with E-state index in [9.17, 15) is 14.7 Å². The minimum absolute atomic E-state index is 0.0165. The molecular formula is C17H22N4O3S. The minimum atomic E-state index is -1.18. The standard InChI is InChI=1S/C17H22N4O3S/c1-12(2)21-11-19-20-16(21)25-9-14(22)18-10-17(3,15(23)24)13-7-5-4-6-8-13/h4-8,11-12H,9-10H2,1-3H3,(H,18,22)(H,23,24). The number of thioether (sulfide) groups is 1. The fraction of sp³-hybridized carbons (Fsp3) is 0.412. The Hall–Kier alpha value is -2.35. The maximum Gasteiger partial charge on any atom is 0.315 e. The summed E-state index contributed by atoms with van der Waals surface area (Å²) in [5.41, 5.74) is -0.533. The summed E-state index contributed by atoms with van der Waals surface area (Å²) in [5, 5.41) is 20.8. The van der Waals surface area contributed by atoms with Crippen LogP contribution in [0.25, 0.3) is 0 Å². The largest absolute Gasteiger partial charge is 0.481 e. The van der Waals surface area contributed by atoms with E-state index in [-0.39, 0.29) is 24.2 Å². The van der Waals surface area contributed by atoms with Crippen LogP contribution in [0.3, 0.4) is 0 Å². The van der Waals surface area contributed by atoms with Crippen molar-refractivity contribution >= 4 is 23.6 Å². The van der Waals surface area contributed by atoms with Crippen molar-refractivity contribution in [1.82, 2.24) is 20.1 Å². The SMILES string of the molecule is CC(C)n1cnnc1SCC(=O)NCC(C)(C(=O)O)c1ccccc1. The average molecular weight is 362 g/mol. The Labute approximate surface area is 150 Å². The van der Waals surface area contributed by atoms with Gasteiger partial charge in [0.25, 0.3) is 0 Å². The molecule has 1 unspecified atom stereocenters. The molecule has 1 aromatic heterocycles. The number of carbonyl (C=O) groups is 2. The van der Waals surface area contributed by atoms with E-state index in [0.717, 1.165) is 0 Å². The number of carbonyl (C=O) groups excluding carboxylic acids is 1. The quantitative estimate of drug-likeness (QED) is 0.698. The molecule has 0 saturated carbocycles. The third-order valence-corrected chi connectivity index (χ3v) is 4.91. The van der Waals surface area contributed by atoms with Crippen LogP contribution in [0.5, 0.6) is 0 Å². The van der Waals surface area contributed by atoms with Crippen molar-refractivity contribution < 1.29 is 14.7 Å². The molecule has 0 saturated heterocycles. The molecule has 25 heavy (non-hydrogen) atoms. The van der Waals surface area contributed by atoms with Crippen LogP contribution in [0.1, 0.15) is 32.4 Å². The maximum atomic E-state index is 12.1. The lowest BCUT2D eigenvalue weighted by atomic mass is 9.82. The van der Waals surface area contributed by atoms with Crippen molar-refractivity contribution in [3.05, 3.63) is 42.2 Å². The summed E-state index contributed by atoms with van der Waals surface area (Å²) in [4.78, 5) is 23.9. The van der Waals surface area contributed by atoms with Gasteiger partial charge in [-0.1, -0.05) is 42.1 Å². The molecule has 0 spiro atoms. The Morgan fingerprint density at radius 3 is 2.60 bits per heavy atom. The van der Waals surface area contributed by atoms with Crippen molar-refractivity contribution in [2.45, 2.75) is 37.4 Å². The fourth-order valence-electron chi connectivity index (χ4n) is 2.25. The van der Waals surface area contributed by atoms with Crippen molar-refractivity contribution in [3.63, 3.8) is 0 Å². The number of carboxylic acids is 1. The molecule has 2 aromatic rings. The Bertz CT molecular complexity index is 733. The summed E-state index contributed by atoms with van der Waals surface area (Å²) >= 11 is 1.27. The monoisotopic (exact) mass is 362 g/mol. The van der Waals surface area contributed by atoms with Gasteiger partial charge in [0.1, 0.15) is 11.7 Å². The van der Waals surface area contributed by atoms with E-state index in [1.165, 1.54) is 11.8 Å². The van der Waals surface area contributed by atoms with Crippen LogP contribution < -0.4 is 5.32 Å². The zero-order valence-corrected chi connectivity index (χ0v) is 15.3. The molecule has 0 bridgehead atoms. The van der Waals surface area contributed by atoms with E-state index in [1.54, 1.807) is 37.5 Å². The number of aliphatic carboxylic acids is 1. The number of aromatic nitrogens is 3. The molecule has 7 nitrogen and oxygen atoms in total. The molecule has 1 atom stereocenters. The molecule has 0 aliphatic rings. The van der Waals surface area contributed by atoms with Crippen LogP contribution in [-0.4, -0.2) is 44.0 Å². The summed E-state index contributed by atoms with van der Waals surface area (Å²) in [6, 6.07) is 9.10. The molecule has 0 radical (unpaired) electrons. The number of rotatable bonds is 8. The van der Waals surface area contributed by atoms with Crippen LogP contribution in [0, 0.1) is 0 Å². The molecule has 2 N–H and O–H groups in total. The number of benzene rings is 1. The fourth-order valence-corrected chi connectivity index (χ4v) is 3.13. The van der Waals surface area contributed by atoms with Crippen LogP contribution in [0.4, 0.5) is 0 Å². The number of nitrogens with zero attached hydrogens (tertiary/aromatic N) is 3. The van der Waals surface area contributed by atoms with Crippen molar-refractivity contribution in [1.29, 1.82) is 0 Å². The highest BCUT2D eigenvalue weighted by molar-refractivity contribution is 7.99. The molecule has 0 aliphatic carbocycles. The van der Waals surface area contributed by atoms with Crippen molar-refractivity contribution in [2.75, 3.05) is 12.3 Å². The predicted molar refractivity (Wildman–Crippen MR) is 95.6 cm³/mol. The van der Waals surface area contributed by atoms with Crippen molar-refractivity contribution in [3.8, 4) is 0 Å². The van der Waals surface area contributed by atoms with Gasteiger partial charge in [-0.3, -0.25) is 9.59 Å². The molecule has 1 aromatic carbocycles. The molecule has 0 fully saturated rings. The lowest BCUT2D eigenvalue weighted by molar-refractivity contribution is -0.143. The Balaban J connectivity index is 1.96. The zero-order chi connectivity index (χ0) is 18.4. The van der Waals surface area contributed by atoms with Crippen LogP contribution in [0.15, 0.2) is 41.8 Å². The highest BCUT2D eigenvalue weighted by atomic mass is 32.2. The molecule has 0 aliphatic heterocycles. The van der Waals surface area contributed by atoms with E-state index < -0.39 is 11.4 Å². The molecule has 8 heteroatoms. The van der Waals surface area contributed by atoms with Crippen molar-refractivity contribution in [2.24, 2.45) is 0 Å². The molecular weight excluding hydrogens is 340 g/mol. The van der Waals surface area contributed by atoms with Gasteiger partial charge in [-0.05, 0) is 26.3 Å². The lowest BCUT2D eigenvalue weighted by Crippen LogP contribution is -2.44. The minimum Gasteiger partial charge on any atom is -0.481 e. The first kappa shape index (κ1) is 19.0. The Kier molecular flexibility index (Phi) is 6.19.